The summed E-state index contributed by atoms with van der Waals surface area (Å²) in [6, 6.07) is 8.52. The van der Waals surface area contributed by atoms with Crippen LogP contribution in [0.3, 0.4) is 0 Å². The van der Waals surface area contributed by atoms with Crippen molar-refractivity contribution in [3.8, 4) is 0 Å². The predicted octanol–water partition coefficient (Wildman–Crippen LogP) is 2.21. The number of hydrogen-bond acceptors (Lipinski definition) is 5. The highest BCUT2D eigenvalue weighted by atomic mass is 16.4. The van der Waals surface area contributed by atoms with Crippen molar-refractivity contribution in [3.63, 3.8) is 0 Å². The normalized spacial score (nSPS) is 20.4. The molecule has 6 nitrogen and oxygen atoms in total. The standard InChI is InChI=1S/C19H26N4O2/c1-2-21-11-13-22(14-12-21)18(24)15-7-9-23(10-8-15)19-20-16-5-3-4-6-17(16)25-19/h3-6,15H,2,7-14H2,1H3. The van der Waals surface area contributed by atoms with Crippen molar-refractivity contribution < 1.29 is 9.21 Å². The number of piperazine rings is 1. The van der Waals surface area contributed by atoms with E-state index >= 15 is 0 Å². The highest BCUT2D eigenvalue weighted by molar-refractivity contribution is 5.79. The van der Waals surface area contributed by atoms with Crippen LogP contribution < -0.4 is 4.90 Å². The fourth-order valence-corrected chi connectivity index (χ4v) is 3.86. The molecule has 0 saturated carbocycles. The molecule has 25 heavy (non-hydrogen) atoms. The van der Waals surface area contributed by atoms with Gasteiger partial charge < -0.3 is 19.1 Å². The molecule has 2 aliphatic heterocycles. The van der Waals surface area contributed by atoms with Gasteiger partial charge in [0.15, 0.2) is 5.58 Å². The van der Waals surface area contributed by atoms with Gasteiger partial charge in [-0.15, -0.1) is 0 Å². The van der Waals surface area contributed by atoms with E-state index in [2.05, 4.69) is 26.6 Å². The van der Waals surface area contributed by atoms with E-state index in [1.165, 1.54) is 0 Å². The van der Waals surface area contributed by atoms with E-state index in [9.17, 15) is 4.79 Å². The molecule has 0 N–H and O–H groups in total. The number of nitrogens with zero attached hydrogens (tertiary/aromatic N) is 4. The maximum atomic E-state index is 12.8. The zero-order chi connectivity index (χ0) is 17.2. The Morgan fingerprint density at radius 3 is 2.52 bits per heavy atom. The third kappa shape index (κ3) is 3.35. The number of para-hydroxylation sites is 2. The molecule has 134 valence electrons. The third-order valence-corrected chi connectivity index (χ3v) is 5.53. The van der Waals surface area contributed by atoms with Crippen molar-refractivity contribution in [1.82, 2.24) is 14.8 Å². The molecule has 2 saturated heterocycles. The minimum Gasteiger partial charge on any atom is -0.423 e. The van der Waals surface area contributed by atoms with Crippen LogP contribution in [0, 0.1) is 5.92 Å². The number of rotatable bonds is 3. The second kappa shape index (κ2) is 7.04. The van der Waals surface area contributed by atoms with Crippen molar-refractivity contribution in [1.29, 1.82) is 0 Å². The number of amides is 1. The van der Waals surface area contributed by atoms with Crippen molar-refractivity contribution >= 4 is 23.0 Å². The average molecular weight is 342 g/mol. The first kappa shape index (κ1) is 16.4. The van der Waals surface area contributed by atoms with Crippen molar-refractivity contribution in [2.45, 2.75) is 19.8 Å². The Morgan fingerprint density at radius 2 is 1.84 bits per heavy atom. The number of oxazole rings is 1. The molecule has 0 unspecified atom stereocenters. The van der Waals surface area contributed by atoms with Crippen LogP contribution in [0.1, 0.15) is 19.8 Å². The van der Waals surface area contributed by atoms with Crippen LogP contribution in [-0.2, 0) is 4.79 Å². The Hall–Kier alpha value is -2.08. The van der Waals surface area contributed by atoms with Crippen LogP contribution in [0.4, 0.5) is 6.01 Å². The summed E-state index contributed by atoms with van der Waals surface area (Å²) in [5, 5.41) is 0. The van der Waals surface area contributed by atoms with Gasteiger partial charge in [-0.2, -0.15) is 4.98 Å². The molecule has 2 fully saturated rings. The molecule has 1 aromatic heterocycles. The number of anilines is 1. The molecule has 1 aromatic carbocycles. The zero-order valence-corrected chi connectivity index (χ0v) is 14.9. The average Bonchev–Trinajstić information content (AvgIpc) is 3.12. The van der Waals surface area contributed by atoms with E-state index in [1.807, 2.05) is 24.3 Å². The lowest BCUT2D eigenvalue weighted by Gasteiger charge is -2.38. The van der Waals surface area contributed by atoms with Gasteiger partial charge in [0.05, 0.1) is 0 Å². The van der Waals surface area contributed by atoms with Gasteiger partial charge in [-0.25, -0.2) is 0 Å². The summed E-state index contributed by atoms with van der Waals surface area (Å²) in [5.74, 6) is 0.488. The summed E-state index contributed by atoms with van der Waals surface area (Å²) in [5.41, 5.74) is 1.72. The molecule has 2 aliphatic rings. The topological polar surface area (TPSA) is 52.8 Å². The van der Waals surface area contributed by atoms with Crippen molar-refractivity contribution in [2.24, 2.45) is 5.92 Å². The second-order valence-electron chi connectivity index (χ2n) is 6.99. The molecular weight excluding hydrogens is 316 g/mol. The summed E-state index contributed by atoms with van der Waals surface area (Å²) in [4.78, 5) is 24.0. The Bertz CT molecular complexity index is 695. The first-order valence-corrected chi connectivity index (χ1v) is 9.36. The van der Waals surface area contributed by atoms with Gasteiger partial charge >= 0.3 is 0 Å². The minimum atomic E-state index is 0.147. The van der Waals surface area contributed by atoms with Crippen molar-refractivity contribution in [2.75, 3.05) is 50.7 Å². The molecular formula is C19H26N4O2. The number of piperidine rings is 1. The van der Waals surface area contributed by atoms with Gasteiger partial charge in [-0.3, -0.25) is 4.79 Å². The maximum Gasteiger partial charge on any atom is 0.298 e. The summed E-state index contributed by atoms with van der Waals surface area (Å²) in [6.07, 6.45) is 1.76. The number of carbonyl (C=O) groups excluding carboxylic acids is 1. The maximum absolute atomic E-state index is 12.8. The van der Waals surface area contributed by atoms with Gasteiger partial charge in [-0.1, -0.05) is 19.1 Å². The highest BCUT2D eigenvalue weighted by Gasteiger charge is 2.31. The molecule has 3 heterocycles. The molecule has 6 heteroatoms. The predicted molar refractivity (Wildman–Crippen MR) is 97.6 cm³/mol. The SMILES string of the molecule is CCN1CCN(C(=O)C2CCN(c3nc4ccccc4o3)CC2)CC1. The van der Waals surface area contributed by atoms with E-state index in [0.29, 0.717) is 11.9 Å². The number of benzene rings is 1. The van der Waals surface area contributed by atoms with Gasteiger partial charge in [-0.05, 0) is 31.5 Å². The van der Waals surface area contributed by atoms with Crippen molar-refractivity contribution in [3.05, 3.63) is 24.3 Å². The largest absolute Gasteiger partial charge is 0.423 e. The smallest absolute Gasteiger partial charge is 0.298 e. The van der Waals surface area contributed by atoms with E-state index < -0.39 is 0 Å². The Labute approximate surface area is 148 Å². The number of fused-ring (bicyclic) bond motifs is 1. The van der Waals surface area contributed by atoms with Gasteiger partial charge in [0, 0.05) is 45.2 Å². The lowest BCUT2D eigenvalue weighted by Crippen LogP contribution is -2.51. The van der Waals surface area contributed by atoms with Crippen LogP contribution in [0.25, 0.3) is 11.1 Å². The first-order chi connectivity index (χ1) is 12.2. The molecule has 1 amide bonds. The minimum absolute atomic E-state index is 0.147. The summed E-state index contributed by atoms with van der Waals surface area (Å²) < 4.78 is 5.86. The Kier molecular flexibility index (Phi) is 4.61. The Morgan fingerprint density at radius 1 is 1.12 bits per heavy atom. The molecule has 0 bridgehead atoms. The van der Waals surface area contributed by atoms with Gasteiger partial charge in [0.1, 0.15) is 5.52 Å². The van der Waals surface area contributed by atoms with Gasteiger partial charge in [0.2, 0.25) is 5.91 Å². The number of carbonyl (C=O) groups is 1. The van der Waals surface area contributed by atoms with Crippen LogP contribution >= 0.6 is 0 Å². The lowest BCUT2D eigenvalue weighted by molar-refractivity contribution is -0.138. The van der Waals surface area contributed by atoms with E-state index in [4.69, 9.17) is 4.42 Å². The molecule has 0 spiro atoms. The van der Waals surface area contributed by atoms with E-state index in [0.717, 1.165) is 69.8 Å². The molecule has 4 rings (SSSR count). The molecule has 0 aliphatic carbocycles. The zero-order valence-electron chi connectivity index (χ0n) is 14.9. The summed E-state index contributed by atoms with van der Waals surface area (Å²) in [6.45, 7) is 8.67. The highest BCUT2D eigenvalue weighted by Crippen LogP contribution is 2.27. The molecule has 0 radical (unpaired) electrons. The van der Waals surface area contributed by atoms with Crippen LogP contribution in [-0.4, -0.2) is 66.5 Å². The second-order valence-corrected chi connectivity index (χ2v) is 6.99. The summed E-state index contributed by atoms with van der Waals surface area (Å²) in [7, 11) is 0. The monoisotopic (exact) mass is 342 g/mol. The van der Waals surface area contributed by atoms with Gasteiger partial charge in [0.25, 0.3) is 6.01 Å². The van der Waals surface area contributed by atoms with Crippen LogP contribution in [0.15, 0.2) is 28.7 Å². The number of likely N-dealkylation sites (N-methyl/N-ethyl adjacent to an activating group) is 1. The fraction of sp³-hybridized carbons (Fsp3) is 0.579. The number of aromatic nitrogens is 1. The molecule has 0 atom stereocenters. The van der Waals surface area contributed by atoms with Crippen LogP contribution in [0.2, 0.25) is 0 Å². The number of hydrogen-bond donors (Lipinski definition) is 0. The fourth-order valence-electron chi connectivity index (χ4n) is 3.86. The van der Waals surface area contributed by atoms with E-state index in [1.54, 1.807) is 0 Å². The quantitative estimate of drug-likeness (QED) is 0.856. The first-order valence-electron chi connectivity index (χ1n) is 9.36. The lowest BCUT2D eigenvalue weighted by atomic mass is 9.95. The summed E-state index contributed by atoms with van der Waals surface area (Å²) >= 11 is 0. The third-order valence-electron chi connectivity index (χ3n) is 5.53. The van der Waals surface area contributed by atoms with E-state index in [-0.39, 0.29) is 5.92 Å². The van der Waals surface area contributed by atoms with Crippen LogP contribution in [0.5, 0.6) is 0 Å². The molecule has 2 aromatic rings. The Balaban J connectivity index is 1.34.